The van der Waals surface area contributed by atoms with Crippen molar-refractivity contribution in [3.8, 4) is 0 Å². The molecule has 3 heterocycles. The van der Waals surface area contributed by atoms with Crippen LogP contribution in [0.2, 0.25) is 0 Å². The summed E-state index contributed by atoms with van der Waals surface area (Å²) in [6.07, 6.45) is 5.62. The number of aryl methyl sites for hydroxylation is 1. The van der Waals surface area contributed by atoms with Crippen LogP contribution in [0.3, 0.4) is 0 Å². The first-order valence-corrected chi connectivity index (χ1v) is 8.41. The van der Waals surface area contributed by atoms with Gasteiger partial charge in [-0.2, -0.15) is 0 Å². The Kier molecular flexibility index (Phi) is 3.53. The fourth-order valence-corrected chi connectivity index (χ4v) is 4.17. The summed E-state index contributed by atoms with van der Waals surface area (Å²) in [5.74, 6) is 0. The summed E-state index contributed by atoms with van der Waals surface area (Å²) >= 11 is 0. The van der Waals surface area contributed by atoms with E-state index in [1.165, 1.54) is 16.5 Å². The molecule has 23 heavy (non-hydrogen) atoms. The topological polar surface area (TPSA) is 57.4 Å². The number of carbonyl (C=O) groups is 1. The van der Waals surface area contributed by atoms with E-state index >= 15 is 0 Å². The average Bonchev–Trinajstić information content (AvgIpc) is 3.07. The van der Waals surface area contributed by atoms with E-state index < -0.39 is 0 Å². The lowest BCUT2D eigenvalue weighted by Gasteiger charge is -2.37. The van der Waals surface area contributed by atoms with Crippen molar-refractivity contribution in [1.82, 2.24) is 15.2 Å². The smallest absolute Gasteiger partial charge is 0.410 e. The predicted octanol–water partition coefficient (Wildman–Crippen LogP) is 2.67. The molecule has 2 aromatic rings. The molecule has 2 saturated heterocycles. The third kappa shape index (κ3) is 2.39. The molecular formula is C18H23N3O2. The normalized spacial score (nSPS) is 23.6. The van der Waals surface area contributed by atoms with Gasteiger partial charge < -0.3 is 19.9 Å². The zero-order valence-electron chi connectivity index (χ0n) is 13.5. The van der Waals surface area contributed by atoms with Gasteiger partial charge in [-0.3, -0.25) is 0 Å². The Morgan fingerprint density at radius 3 is 2.91 bits per heavy atom. The predicted molar refractivity (Wildman–Crippen MR) is 89.5 cm³/mol. The molecule has 1 spiro atoms. The van der Waals surface area contributed by atoms with Crippen molar-refractivity contribution in [1.29, 1.82) is 0 Å². The standard InChI is InChI=1S/C18H23N3O2/c1-21-16(18(23-17(21)22)8-10-19-11-9-18)7-6-13-12-20-15-5-3-2-4-14(13)15/h2-5,12,16,19-20H,6-11H2,1H3. The lowest BCUT2D eigenvalue weighted by atomic mass is 9.82. The molecule has 2 fully saturated rings. The number of H-pyrrole nitrogens is 1. The number of benzene rings is 1. The third-order valence-electron chi connectivity index (χ3n) is 5.47. The molecule has 0 aliphatic carbocycles. The van der Waals surface area contributed by atoms with Gasteiger partial charge in [0.05, 0.1) is 6.04 Å². The summed E-state index contributed by atoms with van der Waals surface area (Å²) in [5.41, 5.74) is 2.19. The Labute approximate surface area is 136 Å². The molecule has 1 atom stereocenters. The number of likely N-dealkylation sites (N-methyl/N-ethyl adjacent to an activating group) is 1. The quantitative estimate of drug-likeness (QED) is 0.916. The number of ether oxygens (including phenoxy) is 1. The second-order valence-electron chi connectivity index (χ2n) is 6.71. The van der Waals surface area contributed by atoms with Gasteiger partial charge in [0.15, 0.2) is 0 Å². The molecule has 122 valence electrons. The van der Waals surface area contributed by atoms with Crippen molar-refractivity contribution < 1.29 is 9.53 Å². The van der Waals surface area contributed by atoms with Crippen LogP contribution < -0.4 is 5.32 Å². The second kappa shape index (κ2) is 5.57. The van der Waals surface area contributed by atoms with Crippen molar-refractivity contribution in [2.24, 2.45) is 0 Å². The van der Waals surface area contributed by atoms with Gasteiger partial charge in [-0.15, -0.1) is 0 Å². The van der Waals surface area contributed by atoms with Crippen LogP contribution in [0.4, 0.5) is 4.79 Å². The molecule has 0 radical (unpaired) electrons. The summed E-state index contributed by atoms with van der Waals surface area (Å²) in [5, 5.41) is 4.64. The highest BCUT2D eigenvalue weighted by Crippen LogP contribution is 2.38. The first-order chi connectivity index (χ1) is 11.2. The molecule has 2 aliphatic heterocycles. The number of hydrogen-bond acceptors (Lipinski definition) is 3. The van der Waals surface area contributed by atoms with Crippen LogP contribution >= 0.6 is 0 Å². The number of carbonyl (C=O) groups excluding carboxylic acids is 1. The van der Waals surface area contributed by atoms with Crippen molar-refractivity contribution in [3.05, 3.63) is 36.0 Å². The molecule has 1 amide bonds. The first kappa shape index (κ1) is 14.6. The van der Waals surface area contributed by atoms with Gasteiger partial charge in [0.25, 0.3) is 0 Å². The molecule has 1 aromatic heterocycles. The van der Waals surface area contributed by atoms with Crippen LogP contribution in [-0.2, 0) is 11.2 Å². The molecule has 2 N–H and O–H groups in total. The zero-order valence-corrected chi connectivity index (χ0v) is 13.5. The number of piperidine rings is 1. The minimum atomic E-state index is -0.302. The maximum atomic E-state index is 12.1. The van der Waals surface area contributed by atoms with Crippen LogP contribution in [0, 0.1) is 0 Å². The number of aromatic nitrogens is 1. The summed E-state index contributed by atoms with van der Waals surface area (Å²) in [4.78, 5) is 17.2. The third-order valence-corrected chi connectivity index (χ3v) is 5.47. The minimum absolute atomic E-state index is 0.158. The molecule has 5 nitrogen and oxygen atoms in total. The zero-order chi connectivity index (χ0) is 15.9. The van der Waals surface area contributed by atoms with E-state index in [0.29, 0.717) is 0 Å². The minimum Gasteiger partial charge on any atom is -0.440 e. The largest absolute Gasteiger partial charge is 0.440 e. The molecule has 5 heteroatoms. The van der Waals surface area contributed by atoms with E-state index in [-0.39, 0.29) is 17.7 Å². The molecule has 1 aromatic carbocycles. The average molecular weight is 313 g/mol. The van der Waals surface area contributed by atoms with Gasteiger partial charge in [-0.1, -0.05) is 18.2 Å². The van der Waals surface area contributed by atoms with Gasteiger partial charge in [-0.05, 0) is 37.6 Å². The number of fused-ring (bicyclic) bond motifs is 1. The molecule has 0 saturated carbocycles. The van der Waals surface area contributed by atoms with Crippen LogP contribution in [-0.4, -0.2) is 47.8 Å². The Balaban J connectivity index is 1.55. The highest BCUT2D eigenvalue weighted by atomic mass is 16.6. The summed E-state index contributed by atoms with van der Waals surface area (Å²) in [6.45, 7) is 1.84. The van der Waals surface area contributed by atoms with Crippen LogP contribution in [0.15, 0.2) is 30.5 Å². The molecular weight excluding hydrogens is 290 g/mol. The fourth-order valence-electron chi connectivity index (χ4n) is 4.17. The Morgan fingerprint density at radius 2 is 2.09 bits per heavy atom. The highest BCUT2D eigenvalue weighted by Gasteiger charge is 2.52. The number of rotatable bonds is 3. The molecule has 1 unspecified atom stereocenters. The number of aromatic amines is 1. The number of hydrogen-bond donors (Lipinski definition) is 2. The van der Waals surface area contributed by atoms with Gasteiger partial charge in [-0.25, -0.2) is 4.79 Å². The maximum absolute atomic E-state index is 12.1. The lowest BCUT2D eigenvalue weighted by Crippen LogP contribution is -2.51. The molecule has 4 rings (SSSR count). The highest BCUT2D eigenvalue weighted by molar-refractivity contribution is 5.83. The summed E-state index contributed by atoms with van der Waals surface area (Å²) < 4.78 is 5.81. The Hall–Kier alpha value is -2.01. The van der Waals surface area contributed by atoms with Crippen LogP contribution in [0.1, 0.15) is 24.8 Å². The van der Waals surface area contributed by atoms with E-state index in [4.69, 9.17) is 4.74 Å². The van der Waals surface area contributed by atoms with E-state index in [1.54, 1.807) is 4.90 Å². The van der Waals surface area contributed by atoms with E-state index in [1.807, 2.05) is 13.1 Å². The number of amides is 1. The first-order valence-electron chi connectivity index (χ1n) is 8.41. The molecule has 0 bridgehead atoms. The Bertz CT molecular complexity index is 718. The lowest BCUT2D eigenvalue weighted by molar-refractivity contribution is 0.00609. The van der Waals surface area contributed by atoms with Crippen molar-refractivity contribution in [2.45, 2.75) is 37.3 Å². The SMILES string of the molecule is CN1C(=O)OC2(CCNCC2)C1CCc1c[nH]c2ccccc12. The number of nitrogens with zero attached hydrogens (tertiary/aromatic N) is 1. The van der Waals surface area contributed by atoms with Crippen LogP contribution in [0.25, 0.3) is 10.9 Å². The van der Waals surface area contributed by atoms with Gasteiger partial charge in [0, 0.05) is 37.0 Å². The van der Waals surface area contributed by atoms with E-state index in [0.717, 1.165) is 38.8 Å². The van der Waals surface area contributed by atoms with Crippen LogP contribution in [0.5, 0.6) is 0 Å². The van der Waals surface area contributed by atoms with Gasteiger partial charge >= 0.3 is 6.09 Å². The number of para-hydroxylation sites is 1. The van der Waals surface area contributed by atoms with Crippen molar-refractivity contribution in [2.75, 3.05) is 20.1 Å². The van der Waals surface area contributed by atoms with Crippen molar-refractivity contribution >= 4 is 17.0 Å². The molecule has 2 aliphatic rings. The monoisotopic (exact) mass is 313 g/mol. The number of nitrogens with one attached hydrogen (secondary N) is 2. The van der Waals surface area contributed by atoms with E-state index in [2.05, 4.69) is 34.7 Å². The fraction of sp³-hybridized carbons (Fsp3) is 0.500. The van der Waals surface area contributed by atoms with E-state index in [9.17, 15) is 4.79 Å². The summed E-state index contributed by atoms with van der Waals surface area (Å²) in [7, 11) is 1.87. The Morgan fingerprint density at radius 1 is 1.30 bits per heavy atom. The maximum Gasteiger partial charge on any atom is 0.410 e. The van der Waals surface area contributed by atoms with Gasteiger partial charge in [0.1, 0.15) is 5.60 Å². The second-order valence-corrected chi connectivity index (χ2v) is 6.71. The van der Waals surface area contributed by atoms with Crippen molar-refractivity contribution in [3.63, 3.8) is 0 Å². The summed E-state index contributed by atoms with van der Waals surface area (Å²) in [6, 6.07) is 8.53. The van der Waals surface area contributed by atoms with Gasteiger partial charge in [0.2, 0.25) is 0 Å².